The molecule has 0 atom stereocenters. The molecule has 0 bridgehead atoms. The van der Waals surface area contributed by atoms with E-state index in [4.69, 9.17) is 0 Å². The summed E-state index contributed by atoms with van der Waals surface area (Å²) in [6, 6.07) is 9.74. The number of aryl methyl sites for hydroxylation is 1. The summed E-state index contributed by atoms with van der Waals surface area (Å²) >= 11 is 0. The molecular weight excluding hydrogens is 270 g/mol. The molecule has 2 aromatic rings. The Morgan fingerprint density at radius 2 is 1.67 bits per heavy atom. The van der Waals surface area contributed by atoms with Crippen LogP contribution in [0.3, 0.4) is 0 Å². The third kappa shape index (κ3) is 3.54. The van der Waals surface area contributed by atoms with Gasteiger partial charge in [0.25, 0.3) is 0 Å². The van der Waals surface area contributed by atoms with Crippen LogP contribution in [-0.4, -0.2) is 5.78 Å². The molecule has 0 N–H and O–H groups in total. The smallest absolute Gasteiger partial charge is 0.170 e. The van der Waals surface area contributed by atoms with Crippen molar-refractivity contribution >= 4 is 5.78 Å². The quantitative estimate of drug-likeness (QED) is 0.737. The zero-order chi connectivity index (χ0) is 15.6. The molecular formula is C18H18F2O. The predicted molar refractivity (Wildman–Crippen MR) is 79.7 cm³/mol. The lowest BCUT2D eigenvalue weighted by atomic mass is 9.97. The Bertz CT molecular complexity index is 658. The van der Waals surface area contributed by atoms with Crippen LogP contribution in [0.5, 0.6) is 0 Å². The summed E-state index contributed by atoms with van der Waals surface area (Å²) in [5.74, 6) is -1.35. The lowest BCUT2D eigenvalue weighted by Gasteiger charge is -2.08. The summed E-state index contributed by atoms with van der Waals surface area (Å²) in [7, 11) is 0. The van der Waals surface area contributed by atoms with E-state index in [0.717, 1.165) is 11.6 Å². The van der Waals surface area contributed by atoms with Gasteiger partial charge in [0, 0.05) is 12.5 Å². The molecule has 0 spiro atoms. The first-order valence-corrected chi connectivity index (χ1v) is 6.96. The van der Waals surface area contributed by atoms with Gasteiger partial charge in [-0.1, -0.05) is 38.1 Å². The minimum absolute atomic E-state index is 0.0539. The fourth-order valence-electron chi connectivity index (χ4n) is 2.17. The van der Waals surface area contributed by atoms with Gasteiger partial charge in [-0.15, -0.1) is 0 Å². The first-order chi connectivity index (χ1) is 9.88. The van der Waals surface area contributed by atoms with Crippen LogP contribution in [0.2, 0.25) is 0 Å². The third-order valence-electron chi connectivity index (χ3n) is 3.56. The van der Waals surface area contributed by atoms with E-state index in [-0.39, 0.29) is 23.3 Å². The number of halogens is 2. The van der Waals surface area contributed by atoms with Gasteiger partial charge in [0.1, 0.15) is 11.6 Å². The topological polar surface area (TPSA) is 17.1 Å². The Morgan fingerprint density at radius 3 is 2.24 bits per heavy atom. The normalized spacial score (nSPS) is 11.0. The molecule has 0 unspecified atom stereocenters. The fourth-order valence-corrected chi connectivity index (χ4v) is 2.17. The summed E-state index contributed by atoms with van der Waals surface area (Å²) in [5.41, 5.74) is 2.23. The zero-order valence-electron chi connectivity index (χ0n) is 12.4. The van der Waals surface area contributed by atoms with E-state index in [1.807, 2.05) is 24.3 Å². The van der Waals surface area contributed by atoms with Gasteiger partial charge in [0.2, 0.25) is 0 Å². The lowest BCUT2D eigenvalue weighted by Crippen LogP contribution is -2.07. The molecule has 0 aromatic heterocycles. The first-order valence-electron chi connectivity index (χ1n) is 6.96. The molecule has 1 nitrogen and oxygen atoms in total. The predicted octanol–water partition coefficient (Wildman–Crippen LogP) is 4.82. The Balaban J connectivity index is 2.20. The summed E-state index contributed by atoms with van der Waals surface area (Å²) < 4.78 is 26.9. The summed E-state index contributed by atoms with van der Waals surface area (Å²) in [6.07, 6.45) is 0.111. The molecule has 3 heteroatoms. The molecule has 0 saturated carbocycles. The number of carbonyl (C=O) groups excluding carboxylic acids is 1. The molecule has 2 aromatic carbocycles. The van der Waals surface area contributed by atoms with Crippen LogP contribution in [0.15, 0.2) is 36.4 Å². The van der Waals surface area contributed by atoms with Crippen molar-refractivity contribution in [1.82, 2.24) is 0 Å². The van der Waals surface area contributed by atoms with Gasteiger partial charge in [0.15, 0.2) is 5.78 Å². The van der Waals surface area contributed by atoms with E-state index in [1.54, 1.807) is 0 Å². The molecule has 0 saturated heterocycles. The van der Waals surface area contributed by atoms with Crippen molar-refractivity contribution in [2.45, 2.75) is 33.1 Å². The summed E-state index contributed by atoms with van der Waals surface area (Å²) in [6.45, 7) is 5.71. The molecule has 0 aliphatic rings. The Morgan fingerprint density at radius 1 is 1.05 bits per heavy atom. The van der Waals surface area contributed by atoms with Crippen molar-refractivity contribution in [3.63, 3.8) is 0 Å². The molecule has 0 heterocycles. The molecule has 0 aliphatic carbocycles. The van der Waals surface area contributed by atoms with Crippen LogP contribution >= 0.6 is 0 Å². The van der Waals surface area contributed by atoms with E-state index in [0.29, 0.717) is 5.92 Å². The van der Waals surface area contributed by atoms with Crippen molar-refractivity contribution in [2.24, 2.45) is 0 Å². The standard InChI is InChI=1S/C18H18F2O/c1-11(2)14-6-4-13(5-7-14)9-18(21)15-8-12(3)16(19)10-17(15)20/h4-8,10-11H,9H2,1-3H3. The number of benzene rings is 2. The lowest BCUT2D eigenvalue weighted by molar-refractivity contribution is 0.0989. The number of carbonyl (C=O) groups is 1. The average molecular weight is 288 g/mol. The van der Waals surface area contributed by atoms with Crippen molar-refractivity contribution < 1.29 is 13.6 Å². The highest BCUT2D eigenvalue weighted by Crippen LogP contribution is 2.18. The number of rotatable bonds is 4. The average Bonchev–Trinajstić information content (AvgIpc) is 2.43. The van der Waals surface area contributed by atoms with Gasteiger partial charge in [-0.25, -0.2) is 8.78 Å². The molecule has 0 amide bonds. The van der Waals surface area contributed by atoms with Crippen LogP contribution in [0, 0.1) is 18.6 Å². The van der Waals surface area contributed by atoms with Crippen molar-refractivity contribution in [2.75, 3.05) is 0 Å². The van der Waals surface area contributed by atoms with Crippen molar-refractivity contribution in [1.29, 1.82) is 0 Å². The van der Waals surface area contributed by atoms with Crippen molar-refractivity contribution in [3.05, 3.63) is 70.3 Å². The third-order valence-corrected chi connectivity index (χ3v) is 3.56. The van der Waals surface area contributed by atoms with Crippen molar-refractivity contribution in [3.8, 4) is 0 Å². The largest absolute Gasteiger partial charge is 0.294 e. The number of Topliss-reactive ketones (excluding diaryl/α,β-unsaturated/α-hetero) is 1. The van der Waals surface area contributed by atoms with Gasteiger partial charge in [0.05, 0.1) is 5.56 Å². The summed E-state index contributed by atoms with van der Waals surface area (Å²) in [5, 5.41) is 0. The minimum Gasteiger partial charge on any atom is -0.294 e. The van der Waals surface area contributed by atoms with E-state index in [1.165, 1.54) is 18.6 Å². The number of hydrogen-bond acceptors (Lipinski definition) is 1. The van der Waals surface area contributed by atoms with Crippen LogP contribution in [0.25, 0.3) is 0 Å². The van der Waals surface area contributed by atoms with Gasteiger partial charge in [-0.2, -0.15) is 0 Å². The second-order valence-corrected chi connectivity index (χ2v) is 5.58. The highest BCUT2D eigenvalue weighted by Gasteiger charge is 2.15. The van der Waals surface area contributed by atoms with Gasteiger partial charge in [-0.3, -0.25) is 4.79 Å². The van der Waals surface area contributed by atoms with Crippen LogP contribution in [-0.2, 0) is 6.42 Å². The highest BCUT2D eigenvalue weighted by atomic mass is 19.1. The zero-order valence-corrected chi connectivity index (χ0v) is 12.4. The maximum Gasteiger partial charge on any atom is 0.170 e. The van der Waals surface area contributed by atoms with E-state index in [2.05, 4.69) is 13.8 Å². The van der Waals surface area contributed by atoms with E-state index < -0.39 is 11.6 Å². The first kappa shape index (κ1) is 15.4. The summed E-state index contributed by atoms with van der Waals surface area (Å²) in [4.78, 5) is 12.2. The SMILES string of the molecule is Cc1cc(C(=O)Cc2ccc(C(C)C)cc2)c(F)cc1F. The van der Waals surface area contributed by atoms with Crippen LogP contribution in [0.1, 0.15) is 46.8 Å². The van der Waals surface area contributed by atoms with E-state index in [9.17, 15) is 13.6 Å². The molecule has 21 heavy (non-hydrogen) atoms. The highest BCUT2D eigenvalue weighted by molar-refractivity contribution is 5.97. The number of ketones is 1. The molecule has 110 valence electrons. The minimum atomic E-state index is -0.804. The number of hydrogen-bond donors (Lipinski definition) is 0. The Labute approximate surface area is 123 Å². The van der Waals surface area contributed by atoms with Crippen LogP contribution in [0.4, 0.5) is 8.78 Å². The monoisotopic (exact) mass is 288 g/mol. The second-order valence-electron chi connectivity index (χ2n) is 5.58. The van der Waals surface area contributed by atoms with Crippen LogP contribution < -0.4 is 0 Å². The Kier molecular flexibility index (Phi) is 4.51. The Hall–Kier alpha value is -2.03. The molecule has 2 rings (SSSR count). The van der Waals surface area contributed by atoms with Gasteiger partial charge in [-0.05, 0) is 35.6 Å². The van der Waals surface area contributed by atoms with Gasteiger partial charge >= 0.3 is 0 Å². The van der Waals surface area contributed by atoms with E-state index >= 15 is 0 Å². The molecule has 0 radical (unpaired) electrons. The molecule has 0 aliphatic heterocycles. The second kappa shape index (κ2) is 6.17. The molecule has 0 fully saturated rings. The fraction of sp³-hybridized carbons (Fsp3) is 0.278. The maximum atomic E-state index is 13.7. The maximum absolute atomic E-state index is 13.7. The van der Waals surface area contributed by atoms with Gasteiger partial charge < -0.3 is 0 Å².